The van der Waals surface area contributed by atoms with Crippen LogP contribution in [-0.4, -0.2) is 19.1 Å². The van der Waals surface area contributed by atoms with Gasteiger partial charge in [-0.2, -0.15) is 0 Å². The van der Waals surface area contributed by atoms with Gasteiger partial charge in [-0.05, 0) is 12.5 Å². The molecule has 0 aromatic heterocycles. The number of carbonyl (C=O) groups is 1. The molecule has 4 nitrogen and oxygen atoms in total. The molecule has 0 saturated heterocycles. The Morgan fingerprint density at radius 1 is 1.53 bits per heavy atom. The molecule has 0 spiro atoms. The van der Waals surface area contributed by atoms with Crippen LogP contribution < -0.4 is 15.8 Å². The molecule has 3 N–H and O–H groups in total. The number of benzene rings is 1. The van der Waals surface area contributed by atoms with Gasteiger partial charge in [-0.25, -0.2) is 4.39 Å². The molecule has 0 fully saturated rings. The van der Waals surface area contributed by atoms with Crippen LogP contribution in [0.15, 0.2) is 18.2 Å². The van der Waals surface area contributed by atoms with Crippen molar-refractivity contribution in [2.24, 2.45) is 5.73 Å². The minimum absolute atomic E-state index is 0.320. The van der Waals surface area contributed by atoms with Gasteiger partial charge in [0.15, 0.2) is 0 Å². The lowest BCUT2D eigenvalue weighted by molar-refractivity contribution is -0.117. The van der Waals surface area contributed by atoms with E-state index >= 15 is 0 Å². The lowest BCUT2D eigenvalue weighted by Gasteiger charge is -2.12. The lowest BCUT2D eigenvalue weighted by Crippen LogP contribution is -2.35. The van der Waals surface area contributed by atoms with E-state index in [9.17, 15) is 9.18 Å². The SMILES string of the molecule is CCCC(N)C(=O)Nc1cc(F)cc(OC)c1. The minimum atomic E-state index is -0.575. The quantitative estimate of drug-likeness (QED) is 0.826. The molecule has 0 saturated carbocycles. The average Bonchev–Trinajstić information content (AvgIpc) is 2.28. The summed E-state index contributed by atoms with van der Waals surface area (Å²) in [6.45, 7) is 1.94. The standard InChI is InChI=1S/C12H17FN2O2/c1-3-4-11(14)12(16)15-9-5-8(13)6-10(7-9)17-2/h5-7,11H,3-4,14H2,1-2H3,(H,15,16). The van der Waals surface area contributed by atoms with Crippen molar-refractivity contribution in [3.05, 3.63) is 24.0 Å². The first-order valence-electron chi connectivity index (χ1n) is 5.47. The molecule has 0 aliphatic rings. The van der Waals surface area contributed by atoms with Crippen molar-refractivity contribution in [1.29, 1.82) is 0 Å². The van der Waals surface area contributed by atoms with Crippen LogP contribution in [0.3, 0.4) is 0 Å². The van der Waals surface area contributed by atoms with Gasteiger partial charge >= 0.3 is 0 Å². The van der Waals surface area contributed by atoms with E-state index in [0.717, 1.165) is 6.42 Å². The number of amides is 1. The van der Waals surface area contributed by atoms with Crippen molar-refractivity contribution in [2.45, 2.75) is 25.8 Å². The molecule has 0 bridgehead atoms. The fourth-order valence-corrected chi connectivity index (χ4v) is 1.43. The van der Waals surface area contributed by atoms with Gasteiger partial charge in [0, 0.05) is 17.8 Å². The Morgan fingerprint density at radius 2 is 2.24 bits per heavy atom. The Bertz CT molecular complexity index is 396. The van der Waals surface area contributed by atoms with Crippen LogP contribution in [0.4, 0.5) is 10.1 Å². The third-order valence-electron chi connectivity index (χ3n) is 2.31. The third kappa shape index (κ3) is 4.03. The van der Waals surface area contributed by atoms with Crippen LogP contribution >= 0.6 is 0 Å². The van der Waals surface area contributed by atoms with E-state index in [1.54, 1.807) is 6.07 Å². The summed E-state index contributed by atoms with van der Waals surface area (Å²) in [4.78, 5) is 11.6. The number of nitrogens with one attached hydrogen (secondary N) is 1. The summed E-state index contributed by atoms with van der Waals surface area (Å²) in [6, 6.07) is 3.43. The molecule has 1 rings (SSSR count). The maximum absolute atomic E-state index is 13.2. The number of methoxy groups -OCH3 is 1. The maximum atomic E-state index is 13.2. The third-order valence-corrected chi connectivity index (χ3v) is 2.31. The van der Waals surface area contributed by atoms with Gasteiger partial charge in [-0.15, -0.1) is 0 Å². The number of halogens is 1. The van der Waals surface area contributed by atoms with E-state index in [2.05, 4.69) is 5.32 Å². The van der Waals surface area contributed by atoms with E-state index in [1.165, 1.54) is 19.2 Å². The van der Waals surface area contributed by atoms with Crippen LogP contribution in [0.25, 0.3) is 0 Å². The monoisotopic (exact) mass is 240 g/mol. The van der Waals surface area contributed by atoms with Crippen molar-refractivity contribution in [3.63, 3.8) is 0 Å². The fourth-order valence-electron chi connectivity index (χ4n) is 1.43. The van der Waals surface area contributed by atoms with Crippen molar-refractivity contribution < 1.29 is 13.9 Å². The van der Waals surface area contributed by atoms with Gasteiger partial charge in [0.2, 0.25) is 5.91 Å². The number of hydrogen-bond acceptors (Lipinski definition) is 3. The van der Waals surface area contributed by atoms with E-state index < -0.39 is 11.9 Å². The van der Waals surface area contributed by atoms with E-state index in [-0.39, 0.29) is 5.91 Å². The Hall–Kier alpha value is -1.62. The fraction of sp³-hybridized carbons (Fsp3) is 0.417. The summed E-state index contributed by atoms with van der Waals surface area (Å²) >= 11 is 0. The highest BCUT2D eigenvalue weighted by atomic mass is 19.1. The van der Waals surface area contributed by atoms with Gasteiger partial charge in [-0.3, -0.25) is 4.79 Å². The van der Waals surface area contributed by atoms with Gasteiger partial charge in [0.1, 0.15) is 11.6 Å². The molecule has 0 aliphatic heterocycles. The molecule has 17 heavy (non-hydrogen) atoms. The Kier molecular flexibility index (Phi) is 4.90. The van der Waals surface area contributed by atoms with E-state index in [4.69, 9.17) is 10.5 Å². The number of ether oxygens (including phenoxy) is 1. The number of nitrogens with two attached hydrogens (primary N) is 1. The van der Waals surface area contributed by atoms with Crippen LogP contribution in [0.2, 0.25) is 0 Å². The maximum Gasteiger partial charge on any atom is 0.241 e. The van der Waals surface area contributed by atoms with Crippen LogP contribution in [0.5, 0.6) is 5.75 Å². The summed E-state index contributed by atoms with van der Waals surface area (Å²) in [7, 11) is 1.43. The van der Waals surface area contributed by atoms with Crippen LogP contribution in [0.1, 0.15) is 19.8 Å². The van der Waals surface area contributed by atoms with Crippen molar-refractivity contribution in [2.75, 3.05) is 12.4 Å². The van der Waals surface area contributed by atoms with Crippen LogP contribution in [-0.2, 0) is 4.79 Å². The summed E-state index contributed by atoms with van der Waals surface area (Å²) in [6.07, 6.45) is 1.42. The molecule has 1 amide bonds. The summed E-state index contributed by atoms with van der Waals surface area (Å²) in [5.74, 6) is -0.437. The number of anilines is 1. The number of hydrogen-bond donors (Lipinski definition) is 2. The average molecular weight is 240 g/mol. The Labute approximate surface area is 100.0 Å². The first-order valence-corrected chi connectivity index (χ1v) is 5.47. The van der Waals surface area contributed by atoms with Gasteiger partial charge in [0.25, 0.3) is 0 Å². The number of carbonyl (C=O) groups excluding carboxylic acids is 1. The highest BCUT2D eigenvalue weighted by Gasteiger charge is 2.13. The van der Waals surface area contributed by atoms with Crippen LogP contribution in [0, 0.1) is 5.82 Å². The molecule has 0 heterocycles. The molecular formula is C12H17FN2O2. The zero-order valence-electron chi connectivity index (χ0n) is 10.00. The second-order valence-corrected chi connectivity index (χ2v) is 3.76. The first-order chi connectivity index (χ1) is 8.06. The number of rotatable bonds is 5. The second-order valence-electron chi connectivity index (χ2n) is 3.76. The molecule has 94 valence electrons. The molecule has 1 aromatic carbocycles. The zero-order valence-corrected chi connectivity index (χ0v) is 10.00. The van der Waals surface area contributed by atoms with Gasteiger partial charge in [-0.1, -0.05) is 13.3 Å². The molecular weight excluding hydrogens is 223 g/mol. The van der Waals surface area contributed by atoms with Crippen molar-refractivity contribution in [1.82, 2.24) is 0 Å². The Morgan fingerprint density at radius 3 is 2.82 bits per heavy atom. The zero-order chi connectivity index (χ0) is 12.8. The minimum Gasteiger partial charge on any atom is -0.497 e. The molecule has 0 radical (unpaired) electrons. The highest BCUT2D eigenvalue weighted by molar-refractivity contribution is 5.94. The molecule has 1 unspecified atom stereocenters. The molecule has 1 aromatic rings. The van der Waals surface area contributed by atoms with Crippen molar-refractivity contribution in [3.8, 4) is 5.75 Å². The predicted molar refractivity (Wildman–Crippen MR) is 64.5 cm³/mol. The van der Waals surface area contributed by atoms with Crippen molar-refractivity contribution >= 4 is 11.6 Å². The second kappa shape index (κ2) is 6.20. The van der Waals surface area contributed by atoms with E-state index in [0.29, 0.717) is 17.9 Å². The normalized spacial score (nSPS) is 12.0. The highest BCUT2D eigenvalue weighted by Crippen LogP contribution is 2.19. The molecule has 0 aliphatic carbocycles. The summed E-state index contributed by atoms with van der Waals surface area (Å²) in [5, 5.41) is 2.56. The smallest absolute Gasteiger partial charge is 0.241 e. The Balaban J connectivity index is 2.74. The lowest BCUT2D eigenvalue weighted by atomic mass is 10.1. The topological polar surface area (TPSA) is 64.4 Å². The van der Waals surface area contributed by atoms with Gasteiger partial charge in [0.05, 0.1) is 13.2 Å². The van der Waals surface area contributed by atoms with E-state index in [1.807, 2.05) is 6.92 Å². The largest absolute Gasteiger partial charge is 0.497 e. The summed E-state index contributed by atoms with van der Waals surface area (Å²) in [5.41, 5.74) is 5.99. The predicted octanol–water partition coefficient (Wildman–Crippen LogP) is 1.90. The first kappa shape index (κ1) is 13.4. The molecule has 5 heteroatoms. The summed E-state index contributed by atoms with van der Waals surface area (Å²) < 4.78 is 18.1. The van der Waals surface area contributed by atoms with Gasteiger partial charge < -0.3 is 15.8 Å². The molecule has 1 atom stereocenters.